The molecular formula is C15H16FNO4S. The van der Waals surface area contributed by atoms with Gasteiger partial charge in [-0.2, -0.15) is 0 Å². The van der Waals surface area contributed by atoms with Crippen LogP contribution in [0.25, 0.3) is 0 Å². The minimum absolute atomic E-state index is 0.0503. The first-order chi connectivity index (χ1) is 10.5. The number of thioether (sulfide) groups is 1. The second kappa shape index (κ2) is 7.53. The molecule has 7 heteroatoms. The maximum absolute atomic E-state index is 13.3. The average Bonchev–Trinajstić information content (AvgIpc) is 2.48. The molecule has 0 bridgehead atoms. The van der Waals surface area contributed by atoms with Crippen LogP contribution in [0.1, 0.15) is 6.92 Å². The molecule has 1 aromatic carbocycles. The van der Waals surface area contributed by atoms with Crippen molar-refractivity contribution in [3.05, 3.63) is 40.6 Å². The summed E-state index contributed by atoms with van der Waals surface area (Å²) in [4.78, 5) is 24.9. The maximum Gasteiger partial charge on any atom is 0.254 e. The fourth-order valence-electron chi connectivity index (χ4n) is 2.01. The smallest absolute Gasteiger partial charge is 0.254 e. The van der Waals surface area contributed by atoms with Crippen molar-refractivity contribution in [3.8, 4) is 0 Å². The number of imide groups is 1. The number of hydrogen-bond donors (Lipinski definition) is 2. The number of amides is 2. The molecule has 0 saturated heterocycles. The van der Waals surface area contributed by atoms with Crippen LogP contribution in [0.3, 0.4) is 0 Å². The minimum Gasteiger partial charge on any atom is -0.394 e. The Hall–Kier alpha value is -1.70. The van der Waals surface area contributed by atoms with Crippen LogP contribution in [0.15, 0.2) is 39.6 Å². The van der Waals surface area contributed by atoms with Gasteiger partial charge in [-0.3, -0.25) is 14.9 Å². The van der Waals surface area contributed by atoms with Gasteiger partial charge in [-0.15, -0.1) is 0 Å². The van der Waals surface area contributed by atoms with Gasteiger partial charge in [0.2, 0.25) is 5.91 Å². The van der Waals surface area contributed by atoms with E-state index in [0.717, 1.165) is 0 Å². The molecule has 22 heavy (non-hydrogen) atoms. The fraction of sp³-hybridized carbons (Fsp3) is 0.333. The Labute approximate surface area is 131 Å². The van der Waals surface area contributed by atoms with Crippen LogP contribution in [0.4, 0.5) is 4.39 Å². The first-order valence-corrected chi connectivity index (χ1v) is 7.52. The summed E-state index contributed by atoms with van der Waals surface area (Å²) in [5.74, 6) is -1.95. The van der Waals surface area contributed by atoms with Crippen LogP contribution in [0.2, 0.25) is 0 Å². The average molecular weight is 325 g/mol. The molecule has 5 nitrogen and oxygen atoms in total. The molecule has 1 aromatic rings. The largest absolute Gasteiger partial charge is 0.394 e. The topological polar surface area (TPSA) is 75.6 Å². The normalized spacial score (nSPS) is 18.6. The highest BCUT2D eigenvalue weighted by molar-refractivity contribution is 8.03. The molecule has 2 rings (SSSR count). The van der Waals surface area contributed by atoms with Crippen LogP contribution in [0, 0.1) is 11.7 Å². The van der Waals surface area contributed by atoms with E-state index in [9.17, 15) is 14.0 Å². The Bertz CT molecular complexity index is 617. The molecule has 118 valence electrons. The zero-order valence-corrected chi connectivity index (χ0v) is 12.8. The summed E-state index contributed by atoms with van der Waals surface area (Å²) in [5.41, 5.74) is 0.409. The molecule has 0 aliphatic carbocycles. The summed E-state index contributed by atoms with van der Waals surface area (Å²) in [7, 11) is 0. The molecule has 1 heterocycles. The first-order valence-electron chi connectivity index (χ1n) is 6.71. The third-order valence-corrected chi connectivity index (χ3v) is 4.42. The van der Waals surface area contributed by atoms with Gasteiger partial charge in [0, 0.05) is 15.4 Å². The number of hydrogen-bond acceptors (Lipinski definition) is 5. The molecule has 1 unspecified atom stereocenters. The molecule has 0 radical (unpaired) electrons. The minimum atomic E-state index is -0.655. The third-order valence-electron chi connectivity index (χ3n) is 3.12. The number of benzene rings is 1. The molecule has 1 aliphatic rings. The number of halogens is 1. The summed E-state index contributed by atoms with van der Waals surface area (Å²) in [6.45, 7) is 1.62. The Balaban J connectivity index is 2.26. The van der Waals surface area contributed by atoms with E-state index in [-0.39, 0.29) is 25.6 Å². The zero-order chi connectivity index (χ0) is 16.1. The zero-order valence-electron chi connectivity index (χ0n) is 12.0. The van der Waals surface area contributed by atoms with Gasteiger partial charge in [0.15, 0.2) is 0 Å². The summed E-state index contributed by atoms with van der Waals surface area (Å²) in [6.07, 6.45) is 0. The number of nitrogens with one attached hydrogen (secondary N) is 1. The van der Waals surface area contributed by atoms with Gasteiger partial charge in [-0.05, 0) is 25.1 Å². The van der Waals surface area contributed by atoms with Crippen LogP contribution < -0.4 is 5.32 Å². The number of rotatable bonds is 6. The molecule has 0 spiro atoms. The predicted octanol–water partition coefficient (Wildman–Crippen LogP) is 1.47. The molecule has 0 aromatic heterocycles. The molecule has 1 atom stereocenters. The number of aliphatic hydroxyl groups is 1. The Morgan fingerprint density at radius 3 is 2.86 bits per heavy atom. The summed E-state index contributed by atoms with van der Waals surface area (Å²) in [6, 6.07) is 5.94. The monoisotopic (exact) mass is 325 g/mol. The van der Waals surface area contributed by atoms with Crippen LogP contribution >= 0.6 is 11.8 Å². The van der Waals surface area contributed by atoms with Gasteiger partial charge >= 0.3 is 0 Å². The molecule has 1 aliphatic heterocycles. The van der Waals surface area contributed by atoms with Crippen molar-refractivity contribution in [1.29, 1.82) is 0 Å². The Morgan fingerprint density at radius 1 is 1.41 bits per heavy atom. The Morgan fingerprint density at radius 2 is 2.18 bits per heavy atom. The van der Waals surface area contributed by atoms with Crippen molar-refractivity contribution in [2.24, 2.45) is 5.92 Å². The van der Waals surface area contributed by atoms with Crippen molar-refractivity contribution < 1.29 is 23.8 Å². The fourth-order valence-corrected chi connectivity index (χ4v) is 3.14. The van der Waals surface area contributed by atoms with E-state index < -0.39 is 17.7 Å². The van der Waals surface area contributed by atoms with Gasteiger partial charge in [0.1, 0.15) is 5.82 Å². The van der Waals surface area contributed by atoms with E-state index in [1.807, 2.05) is 0 Å². The lowest BCUT2D eigenvalue weighted by atomic mass is 10.0. The number of ether oxygens (including phenoxy) is 1. The number of carbonyl (C=O) groups is 2. The maximum atomic E-state index is 13.3. The quantitative estimate of drug-likeness (QED) is 0.612. The highest BCUT2D eigenvalue weighted by atomic mass is 32.2. The van der Waals surface area contributed by atoms with Crippen molar-refractivity contribution in [2.45, 2.75) is 11.8 Å². The number of aliphatic hydroxyl groups excluding tert-OH is 1. The second-order valence-electron chi connectivity index (χ2n) is 4.72. The van der Waals surface area contributed by atoms with E-state index in [2.05, 4.69) is 5.32 Å². The highest BCUT2D eigenvalue weighted by Gasteiger charge is 2.33. The molecule has 2 amide bonds. The first kappa shape index (κ1) is 16.7. The van der Waals surface area contributed by atoms with Gasteiger partial charge in [-0.25, -0.2) is 4.39 Å². The van der Waals surface area contributed by atoms with E-state index >= 15 is 0 Å². The van der Waals surface area contributed by atoms with Crippen LogP contribution in [-0.4, -0.2) is 36.7 Å². The third kappa shape index (κ3) is 3.94. The number of carbonyl (C=O) groups excluding carboxylic acids is 2. The summed E-state index contributed by atoms with van der Waals surface area (Å²) in [5, 5.41) is 11.0. The van der Waals surface area contributed by atoms with E-state index in [4.69, 9.17) is 9.84 Å². The second-order valence-corrected chi connectivity index (χ2v) is 5.83. The highest BCUT2D eigenvalue weighted by Crippen LogP contribution is 2.36. The van der Waals surface area contributed by atoms with Crippen LogP contribution in [0.5, 0.6) is 0 Å². The molecule has 0 fully saturated rings. The van der Waals surface area contributed by atoms with Gasteiger partial charge < -0.3 is 9.84 Å². The molecular weight excluding hydrogens is 309 g/mol. The SMILES string of the molecule is CC1=C(Sc2cccc(F)c2)C(COCCO)C(=O)NC1=O. The van der Waals surface area contributed by atoms with Crippen molar-refractivity contribution >= 4 is 23.6 Å². The molecule has 0 saturated carbocycles. The van der Waals surface area contributed by atoms with Crippen molar-refractivity contribution in [2.75, 3.05) is 19.8 Å². The van der Waals surface area contributed by atoms with E-state index in [1.165, 1.54) is 23.9 Å². The lowest BCUT2D eigenvalue weighted by Gasteiger charge is -2.25. The lowest BCUT2D eigenvalue weighted by molar-refractivity contribution is -0.132. The standard InChI is InChI=1S/C15H16FNO4S/c1-9-13(22-11-4-2-3-10(16)7-11)12(8-21-6-5-18)15(20)17-14(9)19/h2-4,7,12,18H,5-6,8H2,1H3,(H,17,19,20). The molecule has 2 N–H and O–H groups in total. The van der Waals surface area contributed by atoms with Crippen molar-refractivity contribution in [1.82, 2.24) is 5.32 Å². The lowest BCUT2D eigenvalue weighted by Crippen LogP contribution is -2.43. The summed E-state index contributed by atoms with van der Waals surface area (Å²) >= 11 is 1.18. The van der Waals surface area contributed by atoms with Crippen LogP contribution in [-0.2, 0) is 14.3 Å². The van der Waals surface area contributed by atoms with E-state index in [1.54, 1.807) is 19.1 Å². The Kier molecular flexibility index (Phi) is 5.70. The van der Waals surface area contributed by atoms with Gasteiger partial charge in [-0.1, -0.05) is 17.8 Å². The van der Waals surface area contributed by atoms with Gasteiger partial charge in [0.25, 0.3) is 5.91 Å². The van der Waals surface area contributed by atoms with Crippen molar-refractivity contribution in [3.63, 3.8) is 0 Å². The summed E-state index contributed by atoms with van der Waals surface area (Å²) < 4.78 is 18.5. The predicted molar refractivity (Wildman–Crippen MR) is 79.5 cm³/mol. The van der Waals surface area contributed by atoms with Gasteiger partial charge in [0.05, 0.1) is 25.7 Å². The van der Waals surface area contributed by atoms with E-state index in [0.29, 0.717) is 15.4 Å².